The Labute approximate surface area is 160 Å². The second-order valence-electron chi connectivity index (χ2n) is 5.37. The van der Waals surface area contributed by atoms with Gasteiger partial charge in [-0.1, -0.05) is 0 Å². The number of hydrogen-bond donors (Lipinski definition) is 5. The van der Waals surface area contributed by atoms with Crippen LogP contribution in [-0.4, -0.2) is 24.1 Å². The smallest absolute Gasteiger partial charge is 0.123 e. The molecule has 26 heavy (non-hydrogen) atoms. The van der Waals surface area contributed by atoms with Crippen LogP contribution < -0.4 is 10.6 Å². The Morgan fingerprint density at radius 1 is 1.42 bits per heavy atom. The molecule has 0 saturated heterocycles. The highest BCUT2D eigenvalue weighted by Gasteiger charge is 2.15. The monoisotopic (exact) mass is 421 g/mol. The van der Waals surface area contributed by atoms with Gasteiger partial charge < -0.3 is 26.6 Å². The molecule has 6 nitrogen and oxygen atoms in total. The summed E-state index contributed by atoms with van der Waals surface area (Å²) in [6.45, 7) is 4.06. The van der Waals surface area contributed by atoms with Crippen molar-refractivity contribution in [3.8, 4) is 6.07 Å². The van der Waals surface area contributed by atoms with Crippen LogP contribution in [0.15, 0.2) is 39.6 Å². The van der Waals surface area contributed by atoms with Gasteiger partial charge in [0.05, 0.1) is 16.3 Å². The molecule has 8 heteroatoms. The fourth-order valence-corrected chi connectivity index (χ4v) is 2.74. The molecule has 0 amide bonds. The van der Waals surface area contributed by atoms with E-state index in [1.54, 1.807) is 0 Å². The Kier molecular flexibility index (Phi) is 8.68. The van der Waals surface area contributed by atoms with Gasteiger partial charge in [0.25, 0.3) is 0 Å². The summed E-state index contributed by atoms with van der Waals surface area (Å²) in [7, 11) is 0. The normalized spacial score (nSPS) is 13.7. The van der Waals surface area contributed by atoms with E-state index >= 15 is 0 Å². The van der Waals surface area contributed by atoms with E-state index in [-0.39, 0.29) is 12.0 Å². The van der Waals surface area contributed by atoms with Crippen LogP contribution in [0.2, 0.25) is 0 Å². The van der Waals surface area contributed by atoms with E-state index in [9.17, 15) is 14.8 Å². The van der Waals surface area contributed by atoms with Crippen LogP contribution in [0.25, 0.3) is 0 Å². The molecule has 138 valence electrons. The van der Waals surface area contributed by atoms with E-state index in [1.165, 1.54) is 25.1 Å². The molecule has 0 aliphatic heterocycles. The standard InChI is InChI=1S/C18H21BrFN5O/c1-3-24-18(19)12(8-21)6-17(13(9-22)10-23)25-16-5-4-14(20)7-15(16)11(2)26/h4-5,7-9,11,21-22,24-26H,3,6H2,1-2H3/b17-13+,18-12-,21-8?,22-9?. The molecular weight excluding hydrogens is 401 g/mol. The number of nitriles is 1. The molecule has 0 aliphatic carbocycles. The third-order valence-electron chi connectivity index (χ3n) is 3.49. The molecule has 0 saturated carbocycles. The molecule has 1 rings (SSSR count). The fourth-order valence-electron chi connectivity index (χ4n) is 2.20. The number of benzene rings is 1. The first-order chi connectivity index (χ1) is 12.4. The molecule has 0 aliphatic rings. The van der Waals surface area contributed by atoms with Gasteiger partial charge in [0.15, 0.2) is 0 Å². The molecule has 0 heterocycles. The van der Waals surface area contributed by atoms with Crippen LogP contribution >= 0.6 is 15.9 Å². The highest BCUT2D eigenvalue weighted by Crippen LogP contribution is 2.27. The number of allylic oxidation sites excluding steroid dienone is 2. The summed E-state index contributed by atoms with van der Waals surface area (Å²) in [4.78, 5) is 0. The molecule has 0 bridgehead atoms. The number of nitrogens with one attached hydrogen (secondary N) is 4. The first-order valence-corrected chi connectivity index (χ1v) is 8.68. The topological polar surface area (TPSA) is 116 Å². The molecule has 5 N–H and O–H groups in total. The molecule has 1 aromatic rings. The first-order valence-electron chi connectivity index (χ1n) is 7.89. The molecule has 1 unspecified atom stereocenters. The van der Waals surface area contributed by atoms with E-state index in [1.807, 2.05) is 13.0 Å². The largest absolute Gasteiger partial charge is 0.389 e. The minimum atomic E-state index is -0.925. The molecule has 1 atom stereocenters. The summed E-state index contributed by atoms with van der Waals surface area (Å²) in [6, 6.07) is 5.85. The Balaban J connectivity index is 3.38. The lowest BCUT2D eigenvalue weighted by Crippen LogP contribution is -2.13. The average molecular weight is 422 g/mol. The summed E-state index contributed by atoms with van der Waals surface area (Å²) in [6.07, 6.45) is 1.29. The molecule has 0 aromatic heterocycles. The maximum atomic E-state index is 13.5. The quantitative estimate of drug-likeness (QED) is 0.235. The lowest BCUT2D eigenvalue weighted by atomic mass is 10.0. The van der Waals surface area contributed by atoms with Gasteiger partial charge >= 0.3 is 0 Å². The summed E-state index contributed by atoms with van der Waals surface area (Å²) >= 11 is 3.36. The number of anilines is 1. The van der Waals surface area contributed by atoms with Gasteiger partial charge in [0, 0.05) is 47.9 Å². The minimum Gasteiger partial charge on any atom is -0.389 e. The average Bonchev–Trinajstić information content (AvgIpc) is 2.61. The first kappa shape index (κ1) is 21.5. The van der Waals surface area contributed by atoms with Gasteiger partial charge in [0.1, 0.15) is 11.9 Å². The lowest BCUT2D eigenvalue weighted by molar-refractivity contribution is 0.199. The van der Waals surface area contributed by atoms with Crippen molar-refractivity contribution >= 4 is 34.0 Å². The minimum absolute atomic E-state index is 0.0713. The molecule has 0 fully saturated rings. The third kappa shape index (κ3) is 5.79. The summed E-state index contributed by atoms with van der Waals surface area (Å²) in [5.41, 5.74) is 1.75. The van der Waals surface area contributed by atoms with E-state index in [0.29, 0.717) is 33.7 Å². The summed E-state index contributed by atoms with van der Waals surface area (Å²) in [5, 5.41) is 40.3. The van der Waals surface area contributed by atoms with Crippen molar-refractivity contribution in [2.24, 2.45) is 0 Å². The fraction of sp³-hybridized carbons (Fsp3) is 0.278. The zero-order valence-corrected chi connectivity index (χ0v) is 16.1. The second kappa shape index (κ2) is 10.5. The van der Waals surface area contributed by atoms with E-state index in [0.717, 1.165) is 12.4 Å². The highest BCUT2D eigenvalue weighted by atomic mass is 79.9. The molecule has 1 aromatic carbocycles. The summed E-state index contributed by atoms with van der Waals surface area (Å²) in [5.74, 6) is -0.487. The van der Waals surface area contributed by atoms with E-state index in [4.69, 9.17) is 10.8 Å². The van der Waals surface area contributed by atoms with Crippen molar-refractivity contribution in [3.63, 3.8) is 0 Å². The number of aliphatic hydroxyl groups excluding tert-OH is 1. The van der Waals surface area contributed by atoms with E-state index < -0.39 is 11.9 Å². The Morgan fingerprint density at radius 3 is 2.62 bits per heavy atom. The van der Waals surface area contributed by atoms with Gasteiger partial charge in [-0.3, -0.25) is 0 Å². The van der Waals surface area contributed by atoms with Crippen molar-refractivity contribution in [2.45, 2.75) is 26.4 Å². The number of nitrogens with zero attached hydrogens (tertiary/aromatic N) is 1. The van der Waals surface area contributed by atoms with Gasteiger partial charge in [-0.15, -0.1) is 0 Å². The van der Waals surface area contributed by atoms with Crippen LogP contribution in [-0.2, 0) is 0 Å². The van der Waals surface area contributed by atoms with Gasteiger partial charge in [-0.25, -0.2) is 4.39 Å². The third-order valence-corrected chi connectivity index (χ3v) is 4.28. The number of halogens is 2. The van der Waals surface area contributed by atoms with Crippen LogP contribution in [0.5, 0.6) is 0 Å². The van der Waals surface area contributed by atoms with Crippen molar-refractivity contribution in [2.75, 3.05) is 11.9 Å². The molecular formula is C18H21BrFN5O. The molecule has 0 spiro atoms. The number of hydrogen-bond acceptors (Lipinski definition) is 6. The van der Waals surface area contributed by atoms with Crippen LogP contribution in [0.4, 0.5) is 10.1 Å². The van der Waals surface area contributed by atoms with Gasteiger partial charge in [0.2, 0.25) is 0 Å². The van der Waals surface area contributed by atoms with E-state index in [2.05, 4.69) is 26.6 Å². The second-order valence-corrected chi connectivity index (χ2v) is 6.16. The lowest BCUT2D eigenvalue weighted by Gasteiger charge is -2.18. The van der Waals surface area contributed by atoms with Crippen molar-refractivity contribution in [1.29, 1.82) is 16.1 Å². The van der Waals surface area contributed by atoms with Gasteiger partial charge in [-0.2, -0.15) is 5.26 Å². The number of rotatable bonds is 9. The van der Waals surface area contributed by atoms with Crippen LogP contribution in [0.3, 0.4) is 0 Å². The zero-order valence-electron chi connectivity index (χ0n) is 14.5. The maximum Gasteiger partial charge on any atom is 0.123 e. The Bertz CT molecular complexity index is 780. The van der Waals surface area contributed by atoms with Crippen molar-refractivity contribution in [3.05, 3.63) is 51.0 Å². The zero-order chi connectivity index (χ0) is 19.7. The van der Waals surface area contributed by atoms with Crippen LogP contribution in [0.1, 0.15) is 31.9 Å². The molecule has 0 radical (unpaired) electrons. The summed E-state index contributed by atoms with van der Waals surface area (Å²) < 4.78 is 14.1. The van der Waals surface area contributed by atoms with Crippen LogP contribution in [0, 0.1) is 28.0 Å². The Morgan fingerprint density at radius 2 is 2.12 bits per heavy atom. The Hall–Kier alpha value is -2.50. The predicted octanol–water partition coefficient (Wildman–Crippen LogP) is 3.97. The SMILES string of the molecule is CCN/C(Br)=C(\C=N)C/C(Nc1ccc(F)cc1C(C)O)=C(\C#N)C=N. The predicted molar refractivity (Wildman–Crippen MR) is 105 cm³/mol. The van der Waals surface area contributed by atoms with Gasteiger partial charge in [-0.05, 0) is 48.0 Å². The van der Waals surface area contributed by atoms with Crippen molar-refractivity contribution < 1.29 is 9.50 Å². The highest BCUT2D eigenvalue weighted by molar-refractivity contribution is 9.11. The maximum absolute atomic E-state index is 13.5. The number of aliphatic hydroxyl groups is 1. The van der Waals surface area contributed by atoms with Crippen molar-refractivity contribution in [1.82, 2.24) is 5.32 Å².